The number of pyridine rings is 1. The summed E-state index contributed by atoms with van der Waals surface area (Å²) in [5.41, 5.74) is 3.46. The molecular weight excluding hydrogens is 276 g/mol. The van der Waals surface area contributed by atoms with Gasteiger partial charge in [0.25, 0.3) is 0 Å². The van der Waals surface area contributed by atoms with E-state index in [4.69, 9.17) is 9.72 Å². The number of ether oxygens (including phenoxy) is 1. The second-order valence-electron chi connectivity index (χ2n) is 6.05. The quantitative estimate of drug-likeness (QED) is 0.880. The van der Waals surface area contributed by atoms with E-state index in [2.05, 4.69) is 0 Å². The van der Waals surface area contributed by atoms with Crippen molar-refractivity contribution in [2.45, 2.75) is 32.7 Å². The first-order chi connectivity index (χ1) is 10.7. The Morgan fingerprint density at radius 1 is 1.23 bits per heavy atom. The van der Waals surface area contributed by atoms with Gasteiger partial charge in [0.2, 0.25) is 0 Å². The van der Waals surface area contributed by atoms with E-state index in [-0.39, 0.29) is 5.97 Å². The minimum Gasteiger partial charge on any atom is -0.465 e. The second-order valence-corrected chi connectivity index (χ2v) is 6.05. The lowest BCUT2D eigenvalue weighted by molar-refractivity contribution is -0.918. The van der Waals surface area contributed by atoms with E-state index in [1.165, 1.54) is 31.3 Å². The van der Waals surface area contributed by atoms with Crippen LogP contribution in [0, 0.1) is 6.92 Å². The molecule has 1 aromatic carbocycles. The Morgan fingerprint density at radius 2 is 1.95 bits per heavy atom. The number of carbonyl (C=O) groups excluding carboxylic acids is 1. The summed E-state index contributed by atoms with van der Waals surface area (Å²) in [7, 11) is 1.44. The number of esters is 1. The lowest BCUT2D eigenvalue weighted by Crippen LogP contribution is -3.11. The number of hydrogen-bond donors (Lipinski definition) is 1. The Hall–Kier alpha value is -1.94. The maximum Gasteiger partial charge on any atom is 0.340 e. The molecule has 22 heavy (non-hydrogen) atoms. The number of piperidine rings is 1. The molecule has 2 heterocycles. The van der Waals surface area contributed by atoms with Crippen LogP contribution in [0.5, 0.6) is 0 Å². The van der Waals surface area contributed by atoms with Crippen molar-refractivity contribution in [2.75, 3.05) is 20.2 Å². The molecule has 2 aromatic rings. The topological polar surface area (TPSA) is 43.6 Å². The number of fused-ring (bicyclic) bond motifs is 1. The first-order valence-corrected chi connectivity index (χ1v) is 8.01. The highest BCUT2D eigenvalue weighted by atomic mass is 16.5. The first-order valence-electron chi connectivity index (χ1n) is 8.01. The van der Waals surface area contributed by atoms with Crippen LogP contribution in [-0.4, -0.2) is 31.2 Å². The average Bonchev–Trinajstić information content (AvgIpc) is 2.55. The number of rotatable bonds is 3. The number of nitrogens with one attached hydrogen (secondary N) is 1. The molecule has 0 radical (unpaired) electrons. The van der Waals surface area contributed by atoms with Crippen molar-refractivity contribution in [2.24, 2.45) is 0 Å². The largest absolute Gasteiger partial charge is 0.465 e. The fourth-order valence-electron chi connectivity index (χ4n) is 3.41. The monoisotopic (exact) mass is 299 g/mol. The molecule has 0 spiro atoms. The van der Waals surface area contributed by atoms with Gasteiger partial charge in [-0.25, -0.2) is 9.78 Å². The normalized spacial score (nSPS) is 15.9. The van der Waals surface area contributed by atoms with Gasteiger partial charge in [-0.1, -0.05) is 18.2 Å². The van der Waals surface area contributed by atoms with Crippen molar-refractivity contribution in [1.82, 2.24) is 4.98 Å². The molecule has 1 aliphatic heterocycles. The Bertz CT molecular complexity index is 691. The number of benzene rings is 1. The predicted molar refractivity (Wildman–Crippen MR) is 86.1 cm³/mol. The molecule has 1 N–H and O–H groups in total. The Morgan fingerprint density at radius 3 is 2.68 bits per heavy atom. The number of aromatic nitrogens is 1. The molecule has 0 amide bonds. The maximum atomic E-state index is 12.3. The Balaban J connectivity index is 2.07. The summed E-state index contributed by atoms with van der Waals surface area (Å²) >= 11 is 0. The molecule has 1 saturated heterocycles. The summed E-state index contributed by atoms with van der Waals surface area (Å²) in [6.07, 6.45) is 3.84. The fraction of sp³-hybridized carbons (Fsp3) is 0.444. The number of aryl methyl sites for hydroxylation is 1. The number of quaternary nitrogens is 1. The van der Waals surface area contributed by atoms with Crippen LogP contribution in [0.25, 0.3) is 10.9 Å². The summed E-state index contributed by atoms with van der Waals surface area (Å²) in [4.78, 5) is 18.6. The van der Waals surface area contributed by atoms with Gasteiger partial charge >= 0.3 is 5.97 Å². The molecule has 1 fully saturated rings. The number of carbonyl (C=O) groups is 1. The van der Waals surface area contributed by atoms with Crippen LogP contribution in [0.4, 0.5) is 0 Å². The van der Waals surface area contributed by atoms with Gasteiger partial charge in [0.15, 0.2) is 0 Å². The lowest BCUT2D eigenvalue weighted by Gasteiger charge is -2.24. The van der Waals surface area contributed by atoms with Crippen molar-refractivity contribution < 1.29 is 14.4 Å². The molecule has 0 atom stereocenters. The van der Waals surface area contributed by atoms with Crippen LogP contribution in [-0.2, 0) is 11.3 Å². The van der Waals surface area contributed by atoms with Gasteiger partial charge in [-0.15, -0.1) is 0 Å². The van der Waals surface area contributed by atoms with Crippen LogP contribution in [0.2, 0.25) is 0 Å². The summed E-state index contributed by atoms with van der Waals surface area (Å²) in [5, 5.41) is 1.03. The standard InChI is InChI=1S/C18H22N2O2/c1-13-14-8-4-5-9-15(14)19-16(17(13)18(21)22-2)12-20-10-6-3-7-11-20/h4-5,8-9H,3,6-7,10-12H2,1-2H3/p+1. The molecule has 4 nitrogen and oxygen atoms in total. The molecule has 1 aromatic heterocycles. The van der Waals surface area contributed by atoms with Gasteiger partial charge in [-0.2, -0.15) is 0 Å². The summed E-state index contributed by atoms with van der Waals surface area (Å²) in [6, 6.07) is 8.00. The molecule has 0 bridgehead atoms. The highest BCUT2D eigenvalue weighted by Crippen LogP contribution is 2.23. The molecule has 4 heteroatoms. The van der Waals surface area contributed by atoms with Gasteiger partial charge in [0.1, 0.15) is 12.2 Å². The van der Waals surface area contributed by atoms with E-state index in [0.29, 0.717) is 5.56 Å². The molecule has 0 aliphatic carbocycles. The number of nitrogens with zero attached hydrogens (tertiary/aromatic N) is 1. The molecule has 0 saturated carbocycles. The molecule has 0 unspecified atom stereocenters. The predicted octanol–water partition coefficient (Wildman–Crippen LogP) is 1.90. The van der Waals surface area contributed by atoms with Crippen LogP contribution >= 0.6 is 0 Å². The third-order valence-corrected chi connectivity index (χ3v) is 4.59. The fourth-order valence-corrected chi connectivity index (χ4v) is 3.41. The summed E-state index contributed by atoms with van der Waals surface area (Å²) < 4.78 is 5.01. The number of methoxy groups -OCH3 is 1. The Labute approximate surface area is 131 Å². The van der Waals surface area contributed by atoms with Gasteiger partial charge in [-0.05, 0) is 37.8 Å². The zero-order valence-corrected chi connectivity index (χ0v) is 13.3. The van der Waals surface area contributed by atoms with Crippen molar-refractivity contribution in [3.8, 4) is 0 Å². The molecule has 3 rings (SSSR count). The SMILES string of the molecule is COC(=O)c1c(C[NH+]2CCCCC2)nc2ccccc2c1C. The minimum atomic E-state index is -0.276. The lowest BCUT2D eigenvalue weighted by atomic mass is 10.0. The molecule has 116 valence electrons. The molecular formula is C18H23N2O2+. The van der Waals surface area contributed by atoms with Gasteiger partial charge in [0.05, 0.1) is 31.3 Å². The summed E-state index contributed by atoms with van der Waals surface area (Å²) in [5.74, 6) is -0.276. The van der Waals surface area contributed by atoms with E-state index in [0.717, 1.165) is 41.8 Å². The third kappa shape index (κ3) is 2.83. The van der Waals surface area contributed by atoms with E-state index >= 15 is 0 Å². The van der Waals surface area contributed by atoms with Crippen molar-refractivity contribution >= 4 is 16.9 Å². The minimum absolute atomic E-state index is 0.276. The second kappa shape index (κ2) is 6.44. The van der Waals surface area contributed by atoms with E-state index in [1.807, 2.05) is 31.2 Å². The van der Waals surface area contributed by atoms with Crippen molar-refractivity contribution in [1.29, 1.82) is 0 Å². The summed E-state index contributed by atoms with van der Waals surface area (Å²) in [6.45, 7) is 5.11. The zero-order valence-electron chi connectivity index (χ0n) is 13.3. The van der Waals surface area contributed by atoms with Crippen LogP contribution < -0.4 is 4.90 Å². The third-order valence-electron chi connectivity index (χ3n) is 4.59. The highest BCUT2D eigenvalue weighted by Gasteiger charge is 2.23. The van der Waals surface area contributed by atoms with Gasteiger partial charge in [0, 0.05) is 5.39 Å². The van der Waals surface area contributed by atoms with E-state index in [9.17, 15) is 4.79 Å². The smallest absolute Gasteiger partial charge is 0.340 e. The van der Waals surface area contributed by atoms with Crippen LogP contribution in [0.15, 0.2) is 24.3 Å². The van der Waals surface area contributed by atoms with E-state index in [1.54, 1.807) is 0 Å². The highest BCUT2D eigenvalue weighted by molar-refractivity contribution is 5.98. The number of para-hydroxylation sites is 1. The van der Waals surface area contributed by atoms with Gasteiger partial charge < -0.3 is 9.64 Å². The average molecular weight is 299 g/mol. The van der Waals surface area contributed by atoms with Gasteiger partial charge in [-0.3, -0.25) is 0 Å². The van der Waals surface area contributed by atoms with E-state index < -0.39 is 0 Å². The first kappa shape index (κ1) is 15.0. The zero-order chi connectivity index (χ0) is 15.5. The van der Waals surface area contributed by atoms with Crippen LogP contribution in [0.3, 0.4) is 0 Å². The van der Waals surface area contributed by atoms with Crippen molar-refractivity contribution in [3.05, 3.63) is 41.1 Å². The van der Waals surface area contributed by atoms with Crippen LogP contribution in [0.1, 0.15) is 40.9 Å². The number of hydrogen-bond acceptors (Lipinski definition) is 3. The number of likely N-dealkylation sites (tertiary alicyclic amines) is 1. The Kier molecular flexibility index (Phi) is 4.39. The molecule has 1 aliphatic rings. The van der Waals surface area contributed by atoms with Crippen molar-refractivity contribution in [3.63, 3.8) is 0 Å². The maximum absolute atomic E-state index is 12.3.